The van der Waals surface area contributed by atoms with Crippen LogP contribution in [0.2, 0.25) is 0 Å². The fourth-order valence-electron chi connectivity index (χ4n) is 5.13. The van der Waals surface area contributed by atoms with Gasteiger partial charge >= 0.3 is 6.03 Å². The van der Waals surface area contributed by atoms with Crippen LogP contribution >= 0.6 is 0 Å². The van der Waals surface area contributed by atoms with E-state index in [1.54, 1.807) is 4.68 Å². The summed E-state index contributed by atoms with van der Waals surface area (Å²) in [5.74, 6) is 1.35. The topological polar surface area (TPSA) is 117 Å². The van der Waals surface area contributed by atoms with Crippen LogP contribution < -0.4 is 15.5 Å². The molecule has 2 aliphatic heterocycles. The molecule has 0 unspecified atom stereocenters. The highest BCUT2D eigenvalue weighted by Crippen LogP contribution is 2.27. The molecule has 0 atom stereocenters. The number of likely N-dealkylation sites (N-methyl/N-ethyl adjacent to an activating group) is 1. The summed E-state index contributed by atoms with van der Waals surface area (Å²) in [6.07, 6.45) is 0. The Kier molecular flexibility index (Phi) is 8.03. The number of fused-ring (bicyclic) bond motifs is 1. The number of carbonyl (C=O) groups excluding carboxylic acids is 1. The quantitative estimate of drug-likeness (QED) is 0.354. The Labute approximate surface area is 239 Å². The first-order chi connectivity index (χ1) is 20.1. The molecule has 4 aromatic rings. The van der Waals surface area contributed by atoms with Crippen LogP contribution in [0, 0.1) is 0 Å². The van der Waals surface area contributed by atoms with Crippen LogP contribution in [0.3, 0.4) is 0 Å². The van der Waals surface area contributed by atoms with Gasteiger partial charge in [0.25, 0.3) is 0 Å². The molecule has 41 heavy (non-hydrogen) atoms. The number of urea groups is 1. The van der Waals surface area contributed by atoms with Gasteiger partial charge in [-0.1, -0.05) is 17.3 Å². The number of rotatable bonds is 7. The van der Waals surface area contributed by atoms with Gasteiger partial charge in [-0.3, -0.25) is 4.90 Å². The summed E-state index contributed by atoms with van der Waals surface area (Å²) in [4.78, 5) is 29.3. The van der Waals surface area contributed by atoms with Gasteiger partial charge in [-0.25, -0.2) is 19.4 Å². The number of morpholine rings is 1. The SMILES string of the molecule is CCn1nnc2c(N3CCOCC3)nc(-c3ccc(NC(=O)Nc4ccc(CN5CCN(C)CC5)cc4)cc3)nc21. The van der Waals surface area contributed by atoms with Gasteiger partial charge in [0.1, 0.15) is 0 Å². The van der Waals surface area contributed by atoms with Crippen molar-refractivity contribution in [3.05, 3.63) is 54.1 Å². The molecule has 2 aromatic carbocycles. The van der Waals surface area contributed by atoms with E-state index in [-0.39, 0.29) is 6.03 Å². The van der Waals surface area contributed by atoms with Gasteiger partial charge in [0.2, 0.25) is 0 Å². The summed E-state index contributed by atoms with van der Waals surface area (Å²) in [5, 5.41) is 14.5. The molecule has 2 aromatic heterocycles. The van der Waals surface area contributed by atoms with Crippen molar-refractivity contribution < 1.29 is 9.53 Å². The summed E-state index contributed by atoms with van der Waals surface area (Å²) < 4.78 is 7.31. The van der Waals surface area contributed by atoms with Crippen molar-refractivity contribution >= 4 is 34.4 Å². The molecular weight excluding hydrogens is 520 g/mol. The van der Waals surface area contributed by atoms with Crippen LogP contribution in [0.25, 0.3) is 22.6 Å². The average molecular weight is 557 g/mol. The van der Waals surface area contributed by atoms with E-state index in [0.717, 1.165) is 62.9 Å². The van der Waals surface area contributed by atoms with E-state index in [0.29, 0.717) is 42.4 Å². The maximum absolute atomic E-state index is 12.7. The maximum Gasteiger partial charge on any atom is 0.323 e. The molecule has 4 heterocycles. The Bertz CT molecular complexity index is 1470. The zero-order valence-electron chi connectivity index (χ0n) is 23.6. The maximum atomic E-state index is 12.7. The number of hydrogen-bond acceptors (Lipinski definition) is 9. The molecule has 0 aliphatic carbocycles. The molecule has 0 bridgehead atoms. The Balaban J connectivity index is 1.11. The summed E-state index contributed by atoms with van der Waals surface area (Å²) in [6.45, 7) is 10.7. The lowest BCUT2D eigenvalue weighted by molar-refractivity contribution is 0.122. The van der Waals surface area contributed by atoms with Crippen molar-refractivity contribution in [2.24, 2.45) is 0 Å². The van der Waals surface area contributed by atoms with Crippen molar-refractivity contribution in [3.8, 4) is 11.4 Å². The molecule has 12 nitrogen and oxygen atoms in total. The molecule has 2 fully saturated rings. The standard InChI is InChI=1S/C29H36N10O2/c1-3-39-28-25(34-35-39)27(38-16-18-41-19-17-38)32-26(33-28)22-6-10-24(11-7-22)31-29(40)30-23-8-4-21(5-9-23)20-37-14-12-36(2)13-15-37/h4-11H,3,12-20H2,1-2H3,(H2,30,31,40). The third-order valence-electron chi connectivity index (χ3n) is 7.57. The number of aromatic nitrogens is 5. The van der Waals surface area contributed by atoms with E-state index in [4.69, 9.17) is 14.7 Å². The molecule has 0 saturated carbocycles. The zero-order valence-corrected chi connectivity index (χ0v) is 23.6. The Morgan fingerprint density at radius 2 is 1.54 bits per heavy atom. The highest BCUT2D eigenvalue weighted by atomic mass is 16.5. The summed E-state index contributed by atoms with van der Waals surface area (Å²) in [7, 11) is 2.16. The summed E-state index contributed by atoms with van der Waals surface area (Å²) in [6, 6.07) is 15.3. The molecule has 6 rings (SSSR count). The van der Waals surface area contributed by atoms with Crippen molar-refractivity contribution in [2.45, 2.75) is 20.0 Å². The lowest BCUT2D eigenvalue weighted by Gasteiger charge is -2.32. The molecule has 2 amide bonds. The predicted octanol–water partition coefficient (Wildman–Crippen LogP) is 3.14. The first-order valence-corrected chi connectivity index (χ1v) is 14.2. The Morgan fingerprint density at radius 3 is 2.20 bits per heavy atom. The van der Waals surface area contributed by atoms with E-state index < -0.39 is 0 Å². The third-order valence-corrected chi connectivity index (χ3v) is 7.57. The summed E-state index contributed by atoms with van der Waals surface area (Å²) in [5.41, 5.74) is 4.90. The average Bonchev–Trinajstić information content (AvgIpc) is 3.43. The van der Waals surface area contributed by atoms with Gasteiger partial charge < -0.3 is 25.2 Å². The molecule has 2 saturated heterocycles. The van der Waals surface area contributed by atoms with Crippen LogP contribution in [0.1, 0.15) is 12.5 Å². The van der Waals surface area contributed by atoms with Gasteiger partial charge in [-0.15, -0.1) is 5.10 Å². The number of nitrogens with one attached hydrogen (secondary N) is 2. The first kappa shape index (κ1) is 27.1. The molecule has 214 valence electrons. The minimum absolute atomic E-state index is 0.297. The number of benzene rings is 2. The molecule has 2 aliphatic rings. The molecular formula is C29H36N10O2. The van der Waals surface area contributed by atoms with Crippen molar-refractivity contribution in [2.75, 3.05) is 75.1 Å². The van der Waals surface area contributed by atoms with Gasteiger partial charge in [-0.05, 0) is 55.9 Å². The van der Waals surface area contributed by atoms with Crippen molar-refractivity contribution in [1.29, 1.82) is 0 Å². The van der Waals surface area contributed by atoms with Gasteiger partial charge in [0, 0.05) is 69.3 Å². The second kappa shape index (κ2) is 12.2. The van der Waals surface area contributed by atoms with E-state index in [1.807, 2.05) is 43.3 Å². The minimum Gasteiger partial charge on any atom is -0.378 e. The third kappa shape index (κ3) is 6.29. The van der Waals surface area contributed by atoms with Crippen LogP contribution in [-0.2, 0) is 17.8 Å². The number of carbonyl (C=O) groups is 1. The number of aryl methyl sites for hydroxylation is 1. The fourth-order valence-corrected chi connectivity index (χ4v) is 5.13. The monoisotopic (exact) mass is 556 g/mol. The molecule has 2 N–H and O–H groups in total. The van der Waals surface area contributed by atoms with Crippen LogP contribution in [0.5, 0.6) is 0 Å². The van der Waals surface area contributed by atoms with Crippen LogP contribution in [0.15, 0.2) is 48.5 Å². The highest BCUT2D eigenvalue weighted by molar-refractivity contribution is 5.99. The number of piperazine rings is 1. The smallest absolute Gasteiger partial charge is 0.323 e. The van der Waals surface area contributed by atoms with Crippen LogP contribution in [0.4, 0.5) is 22.0 Å². The van der Waals surface area contributed by atoms with Crippen molar-refractivity contribution in [3.63, 3.8) is 0 Å². The van der Waals surface area contributed by atoms with Crippen LogP contribution in [-0.4, -0.2) is 100 Å². The Hall–Kier alpha value is -4.13. The zero-order chi connectivity index (χ0) is 28.2. The number of nitrogens with zero attached hydrogens (tertiary/aromatic N) is 8. The number of ether oxygens (including phenoxy) is 1. The minimum atomic E-state index is -0.297. The lowest BCUT2D eigenvalue weighted by atomic mass is 10.2. The Morgan fingerprint density at radius 1 is 0.878 bits per heavy atom. The van der Waals surface area contributed by atoms with Crippen molar-refractivity contribution in [1.82, 2.24) is 34.8 Å². The van der Waals surface area contributed by atoms with E-state index >= 15 is 0 Å². The highest BCUT2D eigenvalue weighted by Gasteiger charge is 2.22. The van der Waals surface area contributed by atoms with E-state index in [9.17, 15) is 4.79 Å². The first-order valence-electron chi connectivity index (χ1n) is 14.2. The van der Waals surface area contributed by atoms with Gasteiger partial charge in [-0.2, -0.15) is 0 Å². The lowest BCUT2D eigenvalue weighted by Crippen LogP contribution is -2.43. The van der Waals surface area contributed by atoms with Gasteiger partial charge in [0.15, 0.2) is 22.8 Å². The normalized spacial score (nSPS) is 16.7. The van der Waals surface area contributed by atoms with E-state index in [1.165, 1.54) is 5.56 Å². The number of anilines is 3. The van der Waals surface area contributed by atoms with Gasteiger partial charge in [0.05, 0.1) is 13.2 Å². The van der Waals surface area contributed by atoms with E-state index in [2.05, 4.69) is 54.8 Å². The molecule has 0 spiro atoms. The second-order valence-corrected chi connectivity index (χ2v) is 10.5. The predicted molar refractivity (Wildman–Crippen MR) is 159 cm³/mol. The summed E-state index contributed by atoms with van der Waals surface area (Å²) >= 11 is 0. The number of amides is 2. The molecule has 12 heteroatoms. The largest absolute Gasteiger partial charge is 0.378 e. The molecule has 0 radical (unpaired) electrons. The second-order valence-electron chi connectivity index (χ2n) is 10.5. The number of hydrogen-bond donors (Lipinski definition) is 2. The fraction of sp³-hybridized carbons (Fsp3) is 0.414.